The minimum atomic E-state index is -3.44. The van der Waals surface area contributed by atoms with Crippen LogP contribution in [0.3, 0.4) is 0 Å². The molecule has 1 aliphatic rings. The summed E-state index contributed by atoms with van der Waals surface area (Å²) >= 11 is 1.68. The molecule has 0 bridgehead atoms. The number of carbonyl (C=O) groups is 1. The topological polar surface area (TPSA) is 88.2 Å². The number of sulfonamides is 1. The van der Waals surface area contributed by atoms with Crippen molar-refractivity contribution in [1.29, 1.82) is 0 Å². The van der Waals surface area contributed by atoms with Gasteiger partial charge in [-0.2, -0.15) is 0 Å². The minimum absolute atomic E-state index is 0.0824. The number of nitrogens with zero attached hydrogens (tertiary/aromatic N) is 1. The smallest absolute Gasteiger partial charge is 0.243 e. The van der Waals surface area contributed by atoms with Crippen molar-refractivity contribution in [3.05, 3.63) is 52.0 Å². The fourth-order valence-electron chi connectivity index (χ4n) is 2.61. The number of hydrogen-bond donors (Lipinski definition) is 2. The molecule has 3 rings (SSSR count). The SMILES string of the molecule is Cc1csc(CCCCNC(=O)C=Cc2ccc(S(=O)(=O)NC3CC3)cc2)n1. The van der Waals surface area contributed by atoms with Gasteiger partial charge in [0.15, 0.2) is 0 Å². The maximum atomic E-state index is 12.1. The number of nitrogens with one attached hydrogen (secondary N) is 2. The van der Waals surface area contributed by atoms with Crippen LogP contribution in [0.25, 0.3) is 6.08 Å². The van der Waals surface area contributed by atoms with Gasteiger partial charge in [-0.05, 0) is 62.8 Å². The zero-order valence-corrected chi connectivity index (χ0v) is 17.5. The van der Waals surface area contributed by atoms with Crippen LogP contribution in [0.4, 0.5) is 0 Å². The van der Waals surface area contributed by atoms with Crippen LogP contribution in [0.2, 0.25) is 0 Å². The van der Waals surface area contributed by atoms with E-state index in [9.17, 15) is 13.2 Å². The fraction of sp³-hybridized carbons (Fsp3) is 0.400. The number of thiazole rings is 1. The Labute approximate surface area is 170 Å². The number of amides is 1. The second-order valence-corrected chi connectivity index (χ2v) is 9.59. The lowest BCUT2D eigenvalue weighted by Gasteiger charge is -2.05. The summed E-state index contributed by atoms with van der Waals surface area (Å²) in [5.41, 5.74) is 1.84. The van der Waals surface area contributed by atoms with Crippen molar-refractivity contribution in [3.63, 3.8) is 0 Å². The van der Waals surface area contributed by atoms with Gasteiger partial charge in [-0.3, -0.25) is 4.79 Å². The summed E-state index contributed by atoms with van der Waals surface area (Å²) in [4.78, 5) is 16.6. The molecule has 1 aromatic heterocycles. The monoisotopic (exact) mass is 419 g/mol. The molecule has 0 atom stereocenters. The minimum Gasteiger partial charge on any atom is -0.353 e. The normalized spacial score (nSPS) is 14.5. The first-order valence-corrected chi connectivity index (χ1v) is 11.8. The lowest BCUT2D eigenvalue weighted by molar-refractivity contribution is -0.116. The third kappa shape index (κ3) is 6.54. The molecule has 1 heterocycles. The van der Waals surface area contributed by atoms with Gasteiger partial charge in [-0.25, -0.2) is 18.1 Å². The standard InChI is InChI=1S/C20H25N3O3S2/c1-15-14-27-20(22-15)4-2-3-13-21-19(24)12-7-16-5-10-18(11-6-16)28(25,26)23-17-8-9-17/h5-7,10-12,14,17,23H,2-4,8-9,13H2,1H3,(H,21,24). The van der Waals surface area contributed by atoms with Crippen molar-refractivity contribution in [2.24, 2.45) is 0 Å². The molecule has 0 radical (unpaired) electrons. The zero-order valence-electron chi connectivity index (χ0n) is 15.8. The van der Waals surface area contributed by atoms with Gasteiger partial charge in [0.1, 0.15) is 0 Å². The number of carbonyl (C=O) groups excluding carboxylic acids is 1. The maximum Gasteiger partial charge on any atom is 0.243 e. The van der Waals surface area contributed by atoms with E-state index >= 15 is 0 Å². The Morgan fingerprint density at radius 1 is 1.25 bits per heavy atom. The van der Waals surface area contributed by atoms with Gasteiger partial charge >= 0.3 is 0 Å². The van der Waals surface area contributed by atoms with Crippen LogP contribution < -0.4 is 10.0 Å². The van der Waals surface area contributed by atoms with Crippen LogP contribution in [-0.2, 0) is 21.2 Å². The first-order chi connectivity index (χ1) is 13.4. The molecular formula is C20H25N3O3S2. The summed E-state index contributed by atoms with van der Waals surface area (Å²) in [7, 11) is -3.44. The van der Waals surface area contributed by atoms with E-state index in [-0.39, 0.29) is 16.8 Å². The van der Waals surface area contributed by atoms with Crippen LogP contribution in [0.1, 0.15) is 41.9 Å². The molecule has 2 aromatic rings. The highest BCUT2D eigenvalue weighted by Gasteiger charge is 2.27. The molecule has 0 aliphatic heterocycles. The average Bonchev–Trinajstić information content (AvgIpc) is 3.37. The van der Waals surface area contributed by atoms with E-state index in [2.05, 4.69) is 15.0 Å². The molecule has 1 aromatic carbocycles. The van der Waals surface area contributed by atoms with Gasteiger partial charge in [-0.15, -0.1) is 11.3 Å². The lowest BCUT2D eigenvalue weighted by atomic mass is 10.2. The molecule has 8 heteroatoms. The van der Waals surface area contributed by atoms with Crippen molar-refractivity contribution in [3.8, 4) is 0 Å². The summed E-state index contributed by atoms with van der Waals surface area (Å²) < 4.78 is 26.9. The number of hydrogen-bond acceptors (Lipinski definition) is 5. The molecule has 1 fully saturated rings. The zero-order chi connectivity index (χ0) is 20.0. The Balaban J connectivity index is 1.38. The van der Waals surface area contributed by atoms with Crippen molar-refractivity contribution < 1.29 is 13.2 Å². The first-order valence-electron chi connectivity index (χ1n) is 9.42. The number of unbranched alkanes of at least 4 members (excludes halogenated alkanes) is 1. The van der Waals surface area contributed by atoms with E-state index in [0.717, 1.165) is 48.4 Å². The van der Waals surface area contributed by atoms with E-state index in [4.69, 9.17) is 0 Å². The van der Waals surface area contributed by atoms with E-state index in [0.29, 0.717) is 6.54 Å². The second kappa shape index (κ2) is 9.45. The summed E-state index contributed by atoms with van der Waals surface area (Å²) in [6, 6.07) is 6.59. The van der Waals surface area contributed by atoms with Crippen molar-refractivity contribution in [2.75, 3.05) is 6.54 Å². The highest BCUT2D eigenvalue weighted by Crippen LogP contribution is 2.22. The van der Waals surface area contributed by atoms with Gasteiger partial charge in [0.25, 0.3) is 0 Å². The molecule has 150 valence electrons. The van der Waals surface area contributed by atoms with Crippen LogP contribution in [-0.4, -0.2) is 31.9 Å². The summed E-state index contributed by atoms with van der Waals surface area (Å²) in [6.45, 7) is 2.61. The summed E-state index contributed by atoms with van der Waals surface area (Å²) in [5, 5.41) is 6.05. The Bertz CT molecular complexity index is 930. The number of rotatable bonds is 10. The molecule has 0 saturated heterocycles. The number of benzene rings is 1. The average molecular weight is 420 g/mol. The number of aryl methyl sites for hydroxylation is 2. The molecule has 6 nitrogen and oxygen atoms in total. The molecule has 1 saturated carbocycles. The van der Waals surface area contributed by atoms with Crippen molar-refractivity contribution in [2.45, 2.75) is 50.0 Å². The molecular weight excluding hydrogens is 394 g/mol. The maximum absolute atomic E-state index is 12.1. The molecule has 2 N–H and O–H groups in total. The van der Waals surface area contributed by atoms with Crippen molar-refractivity contribution >= 4 is 33.3 Å². The van der Waals surface area contributed by atoms with Crippen LogP contribution in [0, 0.1) is 6.92 Å². The van der Waals surface area contributed by atoms with E-state index < -0.39 is 10.0 Å². The van der Waals surface area contributed by atoms with Crippen molar-refractivity contribution in [1.82, 2.24) is 15.0 Å². The van der Waals surface area contributed by atoms with E-state index in [1.807, 2.05) is 12.3 Å². The Morgan fingerprint density at radius 2 is 2.00 bits per heavy atom. The van der Waals surface area contributed by atoms with Gasteiger partial charge in [0, 0.05) is 29.7 Å². The van der Waals surface area contributed by atoms with Crippen LogP contribution in [0.15, 0.2) is 40.6 Å². The summed E-state index contributed by atoms with van der Waals surface area (Å²) in [6.07, 6.45) is 7.78. The Hall–Kier alpha value is -2.03. The Kier molecular flexibility index (Phi) is 6.98. The molecule has 0 spiro atoms. The van der Waals surface area contributed by atoms with Crippen LogP contribution >= 0.6 is 11.3 Å². The fourth-order valence-corrected chi connectivity index (χ4v) is 4.73. The van der Waals surface area contributed by atoms with Crippen LogP contribution in [0.5, 0.6) is 0 Å². The van der Waals surface area contributed by atoms with E-state index in [1.54, 1.807) is 41.7 Å². The van der Waals surface area contributed by atoms with Gasteiger partial charge in [-0.1, -0.05) is 12.1 Å². The van der Waals surface area contributed by atoms with Gasteiger partial charge in [0.2, 0.25) is 15.9 Å². The molecule has 0 unspecified atom stereocenters. The predicted molar refractivity (Wildman–Crippen MR) is 112 cm³/mol. The lowest BCUT2D eigenvalue weighted by Crippen LogP contribution is -2.25. The molecule has 1 amide bonds. The molecule has 1 aliphatic carbocycles. The van der Waals surface area contributed by atoms with Gasteiger partial charge < -0.3 is 5.32 Å². The third-order valence-electron chi connectivity index (χ3n) is 4.30. The third-order valence-corrected chi connectivity index (χ3v) is 6.86. The summed E-state index contributed by atoms with van der Waals surface area (Å²) in [5.74, 6) is -0.155. The largest absolute Gasteiger partial charge is 0.353 e. The predicted octanol–water partition coefficient (Wildman–Crippen LogP) is 3.04. The highest BCUT2D eigenvalue weighted by atomic mass is 32.2. The second-order valence-electron chi connectivity index (χ2n) is 6.93. The highest BCUT2D eigenvalue weighted by molar-refractivity contribution is 7.89. The quantitative estimate of drug-likeness (QED) is 0.458. The first kappa shape index (κ1) is 20.7. The van der Waals surface area contributed by atoms with Gasteiger partial charge in [0.05, 0.1) is 9.90 Å². The Morgan fingerprint density at radius 3 is 2.64 bits per heavy atom. The number of aromatic nitrogens is 1. The van der Waals surface area contributed by atoms with E-state index in [1.165, 1.54) is 6.08 Å². The molecule has 28 heavy (non-hydrogen) atoms.